The first kappa shape index (κ1) is 16.2. The van der Waals surface area contributed by atoms with Gasteiger partial charge in [-0.2, -0.15) is 0 Å². The molecule has 3 rings (SSSR count). The minimum absolute atomic E-state index is 0.249. The molecule has 3 aromatic rings. The molecular formula is C23H23N. The molecule has 0 aromatic heterocycles. The summed E-state index contributed by atoms with van der Waals surface area (Å²) < 4.78 is 0. The van der Waals surface area contributed by atoms with E-state index in [0.717, 1.165) is 18.5 Å². The Morgan fingerprint density at radius 1 is 0.750 bits per heavy atom. The summed E-state index contributed by atoms with van der Waals surface area (Å²) in [5.41, 5.74) is 4.96. The van der Waals surface area contributed by atoms with Gasteiger partial charge in [-0.25, -0.2) is 0 Å². The maximum absolute atomic E-state index is 4.31. The summed E-state index contributed by atoms with van der Waals surface area (Å²) in [5, 5.41) is 3.69. The zero-order valence-electron chi connectivity index (χ0n) is 13.9. The van der Waals surface area contributed by atoms with Crippen molar-refractivity contribution in [2.75, 3.05) is 0 Å². The second-order valence-corrected chi connectivity index (χ2v) is 6.00. The molecular weight excluding hydrogens is 290 g/mol. The van der Waals surface area contributed by atoms with Crippen molar-refractivity contribution in [2.24, 2.45) is 0 Å². The van der Waals surface area contributed by atoms with Crippen LogP contribution >= 0.6 is 0 Å². The van der Waals surface area contributed by atoms with Crippen LogP contribution in [0.5, 0.6) is 0 Å². The van der Waals surface area contributed by atoms with Crippen LogP contribution in [-0.4, -0.2) is 0 Å². The lowest BCUT2D eigenvalue weighted by molar-refractivity contribution is 0.544. The van der Waals surface area contributed by atoms with Gasteiger partial charge in [-0.15, -0.1) is 0 Å². The maximum atomic E-state index is 4.31. The summed E-state index contributed by atoms with van der Waals surface area (Å²) in [6.45, 7) is 5.15. The molecule has 0 saturated carbocycles. The van der Waals surface area contributed by atoms with Crippen LogP contribution in [0.15, 0.2) is 97.6 Å². The largest absolute Gasteiger partial charge is 0.306 e. The summed E-state index contributed by atoms with van der Waals surface area (Å²) in [6.07, 6.45) is 0.890. The molecule has 1 N–H and O–H groups in total. The lowest BCUT2D eigenvalue weighted by Crippen LogP contribution is -2.21. The first-order valence-corrected chi connectivity index (χ1v) is 8.38. The molecule has 0 fully saturated rings. The predicted octanol–water partition coefficient (Wildman–Crippen LogP) is 5.62. The summed E-state index contributed by atoms with van der Waals surface area (Å²) in [5.74, 6) is 0. The van der Waals surface area contributed by atoms with Crippen LogP contribution in [0.25, 0.3) is 5.57 Å². The van der Waals surface area contributed by atoms with Crippen LogP contribution < -0.4 is 5.32 Å². The Bertz CT molecular complexity index is 748. The molecule has 120 valence electrons. The molecule has 1 nitrogen and oxygen atoms in total. The van der Waals surface area contributed by atoms with Gasteiger partial charge in [0.25, 0.3) is 0 Å². The number of hydrogen-bond acceptors (Lipinski definition) is 1. The maximum Gasteiger partial charge on any atom is 0.0363 e. The van der Waals surface area contributed by atoms with Crippen LogP contribution in [0.3, 0.4) is 0 Å². The van der Waals surface area contributed by atoms with Gasteiger partial charge in [-0.1, -0.05) is 97.6 Å². The molecule has 0 aliphatic rings. The lowest BCUT2D eigenvalue weighted by atomic mass is 9.95. The first-order valence-electron chi connectivity index (χ1n) is 8.38. The fourth-order valence-corrected chi connectivity index (χ4v) is 2.87. The summed E-state index contributed by atoms with van der Waals surface area (Å²) in [4.78, 5) is 0. The van der Waals surface area contributed by atoms with Gasteiger partial charge in [0.1, 0.15) is 0 Å². The van der Waals surface area contributed by atoms with Crippen molar-refractivity contribution in [1.82, 2.24) is 5.32 Å². The molecule has 0 aliphatic carbocycles. The molecule has 0 spiro atoms. The third-order valence-corrected chi connectivity index (χ3v) is 4.23. The van der Waals surface area contributed by atoms with E-state index in [1.54, 1.807) is 0 Å². The summed E-state index contributed by atoms with van der Waals surface area (Å²) >= 11 is 0. The molecule has 0 bridgehead atoms. The smallest absolute Gasteiger partial charge is 0.0363 e. The summed E-state index contributed by atoms with van der Waals surface area (Å²) in [7, 11) is 0. The monoisotopic (exact) mass is 313 g/mol. The average molecular weight is 313 g/mol. The lowest BCUT2D eigenvalue weighted by Gasteiger charge is -2.21. The zero-order chi connectivity index (χ0) is 16.6. The molecule has 0 amide bonds. The number of rotatable bonds is 7. The highest BCUT2D eigenvalue weighted by Gasteiger charge is 2.13. The predicted molar refractivity (Wildman–Crippen MR) is 103 cm³/mol. The third kappa shape index (κ3) is 4.43. The van der Waals surface area contributed by atoms with Crippen molar-refractivity contribution in [3.8, 4) is 0 Å². The van der Waals surface area contributed by atoms with Gasteiger partial charge in [0, 0.05) is 12.6 Å². The normalized spacial score (nSPS) is 11.8. The van der Waals surface area contributed by atoms with E-state index in [0.29, 0.717) is 0 Å². The van der Waals surface area contributed by atoms with Crippen LogP contribution in [0.1, 0.15) is 29.2 Å². The average Bonchev–Trinajstić information content (AvgIpc) is 2.67. The van der Waals surface area contributed by atoms with Gasteiger partial charge in [0.2, 0.25) is 0 Å². The third-order valence-electron chi connectivity index (χ3n) is 4.23. The Labute approximate surface area is 144 Å². The second-order valence-electron chi connectivity index (χ2n) is 6.00. The van der Waals surface area contributed by atoms with Crippen molar-refractivity contribution < 1.29 is 0 Å². The van der Waals surface area contributed by atoms with Gasteiger partial charge in [0.15, 0.2) is 0 Å². The molecule has 24 heavy (non-hydrogen) atoms. The Hall–Kier alpha value is -2.64. The Morgan fingerprint density at radius 2 is 1.29 bits per heavy atom. The van der Waals surface area contributed by atoms with E-state index in [1.807, 2.05) is 6.07 Å². The van der Waals surface area contributed by atoms with Gasteiger partial charge >= 0.3 is 0 Å². The van der Waals surface area contributed by atoms with E-state index in [1.165, 1.54) is 16.7 Å². The minimum Gasteiger partial charge on any atom is -0.306 e. The van der Waals surface area contributed by atoms with Gasteiger partial charge < -0.3 is 5.32 Å². The second kappa shape index (κ2) is 8.28. The highest BCUT2D eigenvalue weighted by Crippen LogP contribution is 2.26. The zero-order valence-corrected chi connectivity index (χ0v) is 13.9. The quantitative estimate of drug-likeness (QED) is 0.597. The molecule has 3 aromatic carbocycles. The van der Waals surface area contributed by atoms with Crippen LogP contribution in [0.4, 0.5) is 0 Å². The minimum atomic E-state index is 0.249. The first-order chi connectivity index (χ1) is 11.8. The van der Waals surface area contributed by atoms with Crippen LogP contribution in [0.2, 0.25) is 0 Å². The van der Waals surface area contributed by atoms with Crippen LogP contribution in [-0.2, 0) is 6.54 Å². The van der Waals surface area contributed by atoms with Crippen molar-refractivity contribution >= 4 is 5.57 Å². The van der Waals surface area contributed by atoms with E-state index in [4.69, 9.17) is 0 Å². The number of benzene rings is 3. The SMILES string of the molecule is C=C(CC(NCc1ccccc1)c1ccccc1)c1ccccc1. The highest BCUT2D eigenvalue weighted by molar-refractivity contribution is 5.63. The summed E-state index contributed by atoms with van der Waals surface area (Å²) in [6, 6.07) is 31.8. The van der Waals surface area contributed by atoms with Crippen LogP contribution in [0, 0.1) is 0 Å². The van der Waals surface area contributed by atoms with Crippen molar-refractivity contribution in [3.05, 3.63) is 114 Å². The molecule has 0 radical (unpaired) electrons. The van der Waals surface area contributed by atoms with E-state index < -0.39 is 0 Å². The molecule has 0 saturated heterocycles. The molecule has 1 atom stereocenters. The van der Waals surface area contributed by atoms with Gasteiger partial charge in [0.05, 0.1) is 0 Å². The van der Waals surface area contributed by atoms with E-state index in [2.05, 4.69) is 96.8 Å². The Kier molecular flexibility index (Phi) is 5.60. The molecule has 1 heteroatoms. The topological polar surface area (TPSA) is 12.0 Å². The Balaban J connectivity index is 1.74. The molecule has 1 unspecified atom stereocenters. The highest BCUT2D eigenvalue weighted by atomic mass is 14.9. The fourth-order valence-electron chi connectivity index (χ4n) is 2.87. The van der Waals surface area contributed by atoms with Crippen molar-refractivity contribution in [1.29, 1.82) is 0 Å². The van der Waals surface area contributed by atoms with Gasteiger partial charge in [-0.3, -0.25) is 0 Å². The Morgan fingerprint density at radius 3 is 1.92 bits per heavy atom. The van der Waals surface area contributed by atoms with Crippen molar-refractivity contribution in [2.45, 2.75) is 19.0 Å². The standard InChI is InChI=1S/C23H23N/c1-19(21-13-7-3-8-14-21)17-23(22-15-9-4-10-16-22)24-18-20-11-5-2-6-12-20/h2-16,23-24H,1,17-18H2. The van der Waals surface area contributed by atoms with Crippen molar-refractivity contribution in [3.63, 3.8) is 0 Å². The molecule has 0 aliphatic heterocycles. The fraction of sp³-hybridized carbons (Fsp3) is 0.130. The number of nitrogens with one attached hydrogen (secondary N) is 1. The van der Waals surface area contributed by atoms with E-state index >= 15 is 0 Å². The molecule has 0 heterocycles. The number of hydrogen-bond donors (Lipinski definition) is 1. The van der Waals surface area contributed by atoms with E-state index in [-0.39, 0.29) is 6.04 Å². The van der Waals surface area contributed by atoms with Gasteiger partial charge in [-0.05, 0) is 28.7 Å². The van der Waals surface area contributed by atoms with E-state index in [9.17, 15) is 0 Å².